The van der Waals surface area contributed by atoms with E-state index in [4.69, 9.17) is 0 Å². The Labute approximate surface area is 114 Å². The third-order valence-electron chi connectivity index (χ3n) is 5.18. The molecule has 2 aliphatic rings. The van der Waals surface area contributed by atoms with Gasteiger partial charge in [-0.2, -0.15) is 0 Å². The molecule has 96 valence electrons. The zero-order valence-electron chi connectivity index (χ0n) is 11.5. The highest BCUT2D eigenvalue weighted by Gasteiger charge is 2.46. The standard InChI is InChI=1S/C18H19N/c1-12-14-8-4-3-7-13(14)11-17-15-9-5-6-10-16(15)18(12,2)19-17/h3-10,12,17,19H,11H2,1-2H3. The molecule has 0 amide bonds. The van der Waals surface area contributed by atoms with Crippen molar-refractivity contribution in [2.75, 3.05) is 0 Å². The van der Waals surface area contributed by atoms with Crippen molar-refractivity contribution in [1.29, 1.82) is 0 Å². The van der Waals surface area contributed by atoms with Crippen LogP contribution < -0.4 is 5.32 Å². The van der Waals surface area contributed by atoms with Crippen LogP contribution in [0.3, 0.4) is 0 Å². The van der Waals surface area contributed by atoms with Crippen LogP contribution in [-0.4, -0.2) is 0 Å². The fraction of sp³-hybridized carbons (Fsp3) is 0.333. The van der Waals surface area contributed by atoms with Crippen molar-refractivity contribution < 1.29 is 0 Å². The van der Waals surface area contributed by atoms with Crippen molar-refractivity contribution in [2.45, 2.75) is 37.8 Å². The number of fused-ring (bicyclic) bond motifs is 6. The Kier molecular flexibility index (Phi) is 2.19. The van der Waals surface area contributed by atoms with Gasteiger partial charge in [-0.05, 0) is 35.6 Å². The van der Waals surface area contributed by atoms with E-state index in [-0.39, 0.29) is 5.54 Å². The first-order chi connectivity index (χ1) is 9.20. The van der Waals surface area contributed by atoms with Crippen LogP contribution in [-0.2, 0) is 12.0 Å². The average molecular weight is 249 g/mol. The van der Waals surface area contributed by atoms with E-state index in [9.17, 15) is 0 Å². The molecule has 2 aromatic carbocycles. The quantitative estimate of drug-likeness (QED) is 0.746. The minimum Gasteiger partial charge on any atom is -0.300 e. The summed E-state index contributed by atoms with van der Waals surface area (Å²) in [6.45, 7) is 4.72. The van der Waals surface area contributed by atoms with Crippen LogP contribution in [0.15, 0.2) is 48.5 Å². The summed E-state index contributed by atoms with van der Waals surface area (Å²) in [6, 6.07) is 18.3. The number of nitrogens with one attached hydrogen (secondary N) is 1. The predicted octanol–water partition coefficient (Wildman–Crippen LogP) is 3.91. The lowest BCUT2D eigenvalue weighted by atomic mass is 9.75. The predicted molar refractivity (Wildman–Crippen MR) is 78.2 cm³/mol. The number of hydrogen-bond acceptors (Lipinski definition) is 1. The van der Waals surface area contributed by atoms with Gasteiger partial charge < -0.3 is 0 Å². The molecule has 19 heavy (non-hydrogen) atoms. The van der Waals surface area contributed by atoms with Crippen LogP contribution in [0.5, 0.6) is 0 Å². The van der Waals surface area contributed by atoms with Gasteiger partial charge in [0.2, 0.25) is 0 Å². The molecule has 0 spiro atoms. The van der Waals surface area contributed by atoms with Crippen LogP contribution in [0.4, 0.5) is 0 Å². The van der Waals surface area contributed by atoms with Crippen LogP contribution in [0, 0.1) is 0 Å². The van der Waals surface area contributed by atoms with Crippen LogP contribution in [0.2, 0.25) is 0 Å². The minimum absolute atomic E-state index is 0.0634. The summed E-state index contributed by atoms with van der Waals surface area (Å²) < 4.78 is 0. The molecular weight excluding hydrogens is 230 g/mol. The molecule has 0 radical (unpaired) electrons. The topological polar surface area (TPSA) is 12.0 Å². The van der Waals surface area contributed by atoms with Gasteiger partial charge >= 0.3 is 0 Å². The van der Waals surface area contributed by atoms with Crippen LogP contribution in [0.25, 0.3) is 0 Å². The van der Waals surface area contributed by atoms with Crippen molar-refractivity contribution in [3.63, 3.8) is 0 Å². The lowest BCUT2D eigenvalue weighted by molar-refractivity contribution is 0.319. The van der Waals surface area contributed by atoms with Gasteiger partial charge in [-0.3, -0.25) is 5.32 Å². The normalized spacial score (nSPS) is 31.5. The van der Waals surface area contributed by atoms with E-state index in [1.165, 1.54) is 22.3 Å². The Morgan fingerprint density at radius 1 is 1.00 bits per heavy atom. The summed E-state index contributed by atoms with van der Waals surface area (Å²) in [5.41, 5.74) is 6.06. The lowest BCUT2D eigenvalue weighted by Crippen LogP contribution is -2.38. The van der Waals surface area contributed by atoms with E-state index in [0.717, 1.165) is 6.42 Å². The van der Waals surface area contributed by atoms with E-state index in [1.54, 1.807) is 0 Å². The van der Waals surface area contributed by atoms with Gasteiger partial charge in [0.05, 0.1) is 0 Å². The van der Waals surface area contributed by atoms with E-state index in [1.807, 2.05) is 0 Å². The van der Waals surface area contributed by atoms with Crippen molar-refractivity contribution in [2.24, 2.45) is 0 Å². The van der Waals surface area contributed by atoms with Crippen molar-refractivity contribution in [1.82, 2.24) is 5.32 Å². The summed E-state index contributed by atoms with van der Waals surface area (Å²) in [7, 11) is 0. The smallest absolute Gasteiger partial charge is 0.0481 e. The number of rotatable bonds is 0. The zero-order chi connectivity index (χ0) is 13.0. The molecular formula is C18H19N. The maximum atomic E-state index is 3.89. The average Bonchev–Trinajstić information content (AvgIpc) is 2.67. The lowest BCUT2D eigenvalue weighted by Gasteiger charge is -2.33. The fourth-order valence-corrected chi connectivity index (χ4v) is 3.98. The van der Waals surface area contributed by atoms with Crippen molar-refractivity contribution >= 4 is 0 Å². The molecule has 2 aliphatic heterocycles. The van der Waals surface area contributed by atoms with E-state index in [0.29, 0.717) is 12.0 Å². The van der Waals surface area contributed by atoms with Gasteiger partial charge in [-0.1, -0.05) is 55.5 Å². The Morgan fingerprint density at radius 3 is 2.53 bits per heavy atom. The minimum atomic E-state index is 0.0634. The zero-order valence-corrected chi connectivity index (χ0v) is 11.5. The van der Waals surface area contributed by atoms with Gasteiger partial charge in [0.1, 0.15) is 0 Å². The maximum Gasteiger partial charge on any atom is 0.0481 e. The molecule has 4 rings (SSSR count). The molecule has 1 nitrogen and oxygen atoms in total. The molecule has 2 bridgehead atoms. The first kappa shape index (κ1) is 11.2. The molecule has 2 heterocycles. The first-order valence-corrected chi connectivity index (χ1v) is 7.15. The molecule has 0 saturated carbocycles. The SMILES string of the molecule is CC1c2ccccc2CC2NC1(C)c1ccccc12. The second-order valence-corrected chi connectivity index (χ2v) is 6.11. The summed E-state index contributed by atoms with van der Waals surface area (Å²) >= 11 is 0. The van der Waals surface area contributed by atoms with Crippen LogP contribution >= 0.6 is 0 Å². The van der Waals surface area contributed by atoms with Crippen LogP contribution in [0.1, 0.15) is 48.1 Å². The molecule has 2 aromatic rings. The highest BCUT2D eigenvalue weighted by atomic mass is 15.1. The Hall–Kier alpha value is -1.60. The first-order valence-electron chi connectivity index (χ1n) is 7.15. The largest absolute Gasteiger partial charge is 0.300 e. The number of hydrogen-bond donors (Lipinski definition) is 1. The number of benzene rings is 2. The highest BCUT2D eigenvalue weighted by molar-refractivity contribution is 5.48. The van der Waals surface area contributed by atoms with Crippen molar-refractivity contribution in [3.8, 4) is 0 Å². The Balaban J connectivity index is 1.97. The Morgan fingerprint density at radius 2 is 1.68 bits per heavy atom. The molecule has 0 saturated heterocycles. The third kappa shape index (κ3) is 1.39. The van der Waals surface area contributed by atoms with E-state index < -0.39 is 0 Å². The molecule has 3 unspecified atom stereocenters. The molecule has 3 atom stereocenters. The Bertz CT molecular complexity index is 646. The van der Waals surface area contributed by atoms with Gasteiger partial charge in [-0.15, -0.1) is 0 Å². The molecule has 1 heteroatoms. The molecule has 0 aliphatic carbocycles. The van der Waals surface area contributed by atoms with Gasteiger partial charge in [0.25, 0.3) is 0 Å². The molecule has 0 fully saturated rings. The third-order valence-corrected chi connectivity index (χ3v) is 5.18. The van der Waals surface area contributed by atoms with Gasteiger partial charge in [0.15, 0.2) is 0 Å². The van der Waals surface area contributed by atoms with Gasteiger partial charge in [-0.25, -0.2) is 0 Å². The molecule has 0 aromatic heterocycles. The van der Waals surface area contributed by atoms with E-state index in [2.05, 4.69) is 67.7 Å². The second kappa shape index (κ2) is 3.71. The fourth-order valence-electron chi connectivity index (χ4n) is 3.98. The molecule has 1 N–H and O–H groups in total. The monoisotopic (exact) mass is 249 g/mol. The van der Waals surface area contributed by atoms with Crippen molar-refractivity contribution in [3.05, 3.63) is 70.8 Å². The van der Waals surface area contributed by atoms with E-state index >= 15 is 0 Å². The maximum absolute atomic E-state index is 3.89. The summed E-state index contributed by atoms with van der Waals surface area (Å²) in [6.07, 6.45) is 1.10. The highest BCUT2D eigenvalue weighted by Crippen LogP contribution is 2.49. The summed E-state index contributed by atoms with van der Waals surface area (Å²) in [5.74, 6) is 0.498. The summed E-state index contributed by atoms with van der Waals surface area (Å²) in [5, 5.41) is 3.89. The summed E-state index contributed by atoms with van der Waals surface area (Å²) in [4.78, 5) is 0. The van der Waals surface area contributed by atoms with Gasteiger partial charge in [0, 0.05) is 17.5 Å². The second-order valence-electron chi connectivity index (χ2n) is 6.11.